The number of ketones is 1. The van der Waals surface area contributed by atoms with Crippen molar-refractivity contribution in [2.75, 3.05) is 38.1 Å². The molecule has 2 aromatic rings. The number of ether oxygens (including phenoxy) is 2. The van der Waals surface area contributed by atoms with Crippen LogP contribution in [-0.2, 0) is 22.5 Å². The molecular weight excluding hydrogens is 524 g/mol. The SMILES string of the molecule is Cc1cc(NCC(=O)[C@H]2CC[C@H](Oc3cccc(CCOC(N)=O)c3)CC2)ccc1CN1CCN(C(=O)O)[C@@H](C)C1. The Bertz CT molecular complexity index is 1210. The van der Waals surface area contributed by atoms with Crippen molar-refractivity contribution in [1.29, 1.82) is 0 Å². The van der Waals surface area contributed by atoms with Gasteiger partial charge in [0.1, 0.15) is 5.75 Å². The lowest BCUT2D eigenvalue weighted by molar-refractivity contribution is -0.122. The van der Waals surface area contributed by atoms with Crippen LogP contribution in [-0.4, -0.2) is 77.8 Å². The standard InChI is InChI=1S/C31H42N4O6/c1-21-16-26(9-6-25(21)20-34-13-14-35(31(38)39)22(2)19-34)33-18-29(36)24-7-10-27(11-8-24)41-28-5-3-4-23(17-28)12-15-40-30(32)37/h3-6,9,16-17,22,24,27,33H,7-8,10-15,18-20H2,1-2H3,(H2,32,37)(H,38,39)/t22-,24-,27-/m0/s1. The van der Waals surface area contributed by atoms with Crippen LogP contribution in [0.1, 0.15) is 49.3 Å². The highest BCUT2D eigenvalue weighted by Gasteiger charge is 2.28. The normalized spacial score (nSPS) is 21.2. The number of carbonyl (C=O) groups excluding carboxylic acids is 2. The van der Waals surface area contributed by atoms with Gasteiger partial charge in [0.2, 0.25) is 0 Å². The van der Waals surface area contributed by atoms with E-state index in [-0.39, 0.29) is 30.5 Å². The van der Waals surface area contributed by atoms with Crippen LogP contribution in [0.25, 0.3) is 0 Å². The molecule has 1 atom stereocenters. The van der Waals surface area contributed by atoms with Gasteiger partial charge in [-0.25, -0.2) is 9.59 Å². The van der Waals surface area contributed by atoms with E-state index in [1.807, 2.05) is 37.3 Å². The van der Waals surface area contributed by atoms with E-state index in [1.165, 1.54) is 10.5 Å². The van der Waals surface area contributed by atoms with Crippen LogP contribution in [0, 0.1) is 12.8 Å². The van der Waals surface area contributed by atoms with E-state index in [2.05, 4.69) is 29.3 Å². The summed E-state index contributed by atoms with van der Waals surface area (Å²) in [5.74, 6) is 1.05. The van der Waals surface area contributed by atoms with E-state index < -0.39 is 12.2 Å². The van der Waals surface area contributed by atoms with Gasteiger partial charge in [-0.2, -0.15) is 0 Å². The zero-order valence-electron chi connectivity index (χ0n) is 24.0. The molecule has 1 aliphatic carbocycles. The number of piperazine rings is 1. The number of aryl methyl sites for hydroxylation is 1. The number of carbonyl (C=O) groups is 3. The molecule has 10 heteroatoms. The van der Waals surface area contributed by atoms with Gasteiger partial charge in [0.05, 0.1) is 19.3 Å². The van der Waals surface area contributed by atoms with Gasteiger partial charge in [-0.05, 0) is 80.5 Å². The Morgan fingerprint density at radius 3 is 2.54 bits per heavy atom. The first-order valence-corrected chi connectivity index (χ1v) is 14.4. The maximum atomic E-state index is 12.9. The molecule has 2 fully saturated rings. The summed E-state index contributed by atoms with van der Waals surface area (Å²) >= 11 is 0. The Labute approximate surface area is 241 Å². The third-order valence-corrected chi connectivity index (χ3v) is 8.13. The van der Waals surface area contributed by atoms with Crippen molar-refractivity contribution < 1.29 is 29.0 Å². The number of hydrogen-bond donors (Lipinski definition) is 3. The Morgan fingerprint density at radius 1 is 1.07 bits per heavy atom. The predicted molar refractivity (Wildman–Crippen MR) is 156 cm³/mol. The number of rotatable bonds is 11. The largest absolute Gasteiger partial charge is 0.490 e. The lowest BCUT2D eigenvalue weighted by atomic mass is 9.84. The Balaban J connectivity index is 1.18. The molecule has 0 aromatic heterocycles. The summed E-state index contributed by atoms with van der Waals surface area (Å²) < 4.78 is 11.0. The van der Waals surface area contributed by atoms with Crippen molar-refractivity contribution in [3.63, 3.8) is 0 Å². The van der Waals surface area contributed by atoms with E-state index in [0.717, 1.165) is 61.3 Å². The molecule has 41 heavy (non-hydrogen) atoms. The molecule has 4 rings (SSSR count). The third kappa shape index (κ3) is 8.85. The minimum absolute atomic E-state index is 0.0255. The zero-order valence-corrected chi connectivity index (χ0v) is 24.0. The van der Waals surface area contributed by atoms with Gasteiger partial charge in [0.25, 0.3) is 0 Å². The molecule has 1 saturated carbocycles. The molecule has 2 aliphatic rings. The number of Topliss-reactive ketones (excluding diaryl/α,β-unsaturated/α-hetero) is 1. The van der Waals surface area contributed by atoms with Crippen LogP contribution >= 0.6 is 0 Å². The summed E-state index contributed by atoms with van der Waals surface area (Å²) in [6.07, 6.45) is 2.30. The molecule has 1 aliphatic heterocycles. The zero-order chi connectivity index (χ0) is 29.4. The summed E-state index contributed by atoms with van der Waals surface area (Å²) in [6, 6.07) is 13.9. The molecule has 1 heterocycles. The predicted octanol–water partition coefficient (Wildman–Crippen LogP) is 4.44. The quantitative estimate of drug-likeness (QED) is 0.364. The molecule has 222 valence electrons. The second-order valence-corrected chi connectivity index (χ2v) is 11.2. The first-order valence-electron chi connectivity index (χ1n) is 14.4. The van der Waals surface area contributed by atoms with Gasteiger partial charge in [-0.1, -0.05) is 18.2 Å². The second-order valence-electron chi connectivity index (χ2n) is 11.2. The van der Waals surface area contributed by atoms with Crippen molar-refractivity contribution in [3.05, 3.63) is 59.2 Å². The number of hydrogen-bond acceptors (Lipinski definition) is 7. The van der Waals surface area contributed by atoms with Crippen LogP contribution in [0.2, 0.25) is 0 Å². The molecular formula is C31H42N4O6. The lowest BCUT2D eigenvalue weighted by Crippen LogP contribution is -2.53. The summed E-state index contributed by atoms with van der Waals surface area (Å²) in [7, 11) is 0. The lowest BCUT2D eigenvalue weighted by Gasteiger charge is -2.38. The second kappa shape index (κ2) is 14.2. The van der Waals surface area contributed by atoms with Crippen molar-refractivity contribution in [1.82, 2.24) is 9.80 Å². The number of carboxylic acid groups (broad SMARTS) is 1. The summed E-state index contributed by atoms with van der Waals surface area (Å²) in [6.45, 7) is 7.30. The van der Waals surface area contributed by atoms with Gasteiger partial charge in [0, 0.05) is 50.2 Å². The summed E-state index contributed by atoms with van der Waals surface area (Å²) in [5, 5.41) is 12.6. The first kappa shape index (κ1) is 30.2. The fraction of sp³-hybridized carbons (Fsp3) is 0.516. The van der Waals surface area contributed by atoms with Gasteiger partial charge < -0.3 is 30.5 Å². The summed E-state index contributed by atoms with van der Waals surface area (Å²) in [4.78, 5) is 38.8. The van der Waals surface area contributed by atoms with Gasteiger partial charge in [-0.3, -0.25) is 9.69 Å². The van der Waals surface area contributed by atoms with Gasteiger partial charge in [0.15, 0.2) is 5.78 Å². The number of nitrogens with one attached hydrogen (secondary N) is 1. The third-order valence-electron chi connectivity index (χ3n) is 8.13. The Kier molecular flexibility index (Phi) is 10.5. The van der Waals surface area contributed by atoms with E-state index in [0.29, 0.717) is 26.1 Å². The maximum Gasteiger partial charge on any atom is 0.407 e. The average molecular weight is 567 g/mol. The van der Waals surface area contributed by atoms with E-state index in [9.17, 15) is 19.5 Å². The molecule has 0 radical (unpaired) electrons. The van der Waals surface area contributed by atoms with Crippen molar-refractivity contribution in [3.8, 4) is 5.75 Å². The molecule has 1 saturated heterocycles. The van der Waals surface area contributed by atoms with Crippen molar-refractivity contribution in [2.24, 2.45) is 11.7 Å². The minimum atomic E-state index is -0.854. The maximum absolute atomic E-state index is 12.9. The van der Waals surface area contributed by atoms with Crippen LogP contribution in [0.15, 0.2) is 42.5 Å². The van der Waals surface area contributed by atoms with Gasteiger partial charge in [-0.15, -0.1) is 0 Å². The molecule has 2 aromatic carbocycles. The Morgan fingerprint density at radius 2 is 1.85 bits per heavy atom. The molecule has 4 N–H and O–H groups in total. The van der Waals surface area contributed by atoms with E-state index >= 15 is 0 Å². The van der Waals surface area contributed by atoms with Crippen LogP contribution in [0.3, 0.4) is 0 Å². The van der Waals surface area contributed by atoms with Crippen LogP contribution in [0.5, 0.6) is 5.75 Å². The number of benzene rings is 2. The monoisotopic (exact) mass is 566 g/mol. The number of amides is 2. The van der Waals surface area contributed by atoms with E-state index in [1.54, 1.807) is 0 Å². The highest BCUT2D eigenvalue weighted by Crippen LogP contribution is 2.29. The van der Waals surface area contributed by atoms with Gasteiger partial charge >= 0.3 is 12.2 Å². The first-order chi connectivity index (χ1) is 19.7. The van der Waals surface area contributed by atoms with E-state index in [4.69, 9.17) is 15.2 Å². The minimum Gasteiger partial charge on any atom is -0.490 e. The summed E-state index contributed by atoms with van der Waals surface area (Å²) in [5.41, 5.74) is 9.32. The molecule has 10 nitrogen and oxygen atoms in total. The van der Waals surface area contributed by atoms with Crippen molar-refractivity contribution >= 4 is 23.7 Å². The van der Waals surface area contributed by atoms with Crippen molar-refractivity contribution in [2.45, 2.75) is 64.6 Å². The number of nitrogens with two attached hydrogens (primary N) is 1. The fourth-order valence-corrected chi connectivity index (χ4v) is 5.76. The number of anilines is 1. The topological polar surface area (TPSA) is 134 Å². The number of primary amides is 1. The smallest absolute Gasteiger partial charge is 0.407 e. The Hall–Kier alpha value is -3.79. The van der Waals surface area contributed by atoms with Crippen LogP contribution in [0.4, 0.5) is 15.3 Å². The fourth-order valence-electron chi connectivity index (χ4n) is 5.76. The highest BCUT2D eigenvalue weighted by molar-refractivity contribution is 5.85. The average Bonchev–Trinajstić information content (AvgIpc) is 2.93. The number of nitrogens with zero attached hydrogens (tertiary/aromatic N) is 2. The molecule has 0 bridgehead atoms. The highest BCUT2D eigenvalue weighted by atomic mass is 16.5. The molecule has 2 amide bonds. The molecule has 0 unspecified atom stereocenters. The van der Waals surface area contributed by atoms with Crippen LogP contribution < -0.4 is 15.8 Å². The molecule has 0 spiro atoms.